The van der Waals surface area contributed by atoms with E-state index in [0.717, 1.165) is 39.5 Å². The molecule has 1 aliphatic carbocycles. The number of aromatic nitrogens is 1. The molecule has 1 saturated carbocycles. The van der Waals surface area contributed by atoms with Crippen LogP contribution in [-0.2, 0) is 4.79 Å². The third-order valence-electron chi connectivity index (χ3n) is 5.11. The van der Waals surface area contributed by atoms with Gasteiger partial charge in [0.1, 0.15) is 0 Å². The second kappa shape index (κ2) is 7.54. The van der Waals surface area contributed by atoms with Crippen LogP contribution in [0.2, 0.25) is 0 Å². The number of anilines is 1. The van der Waals surface area contributed by atoms with Crippen LogP contribution < -0.4 is 5.73 Å². The molecule has 2 aromatic rings. The molecule has 0 bridgehead atoms. The lowest BCUT2D eigenvalue weighted by molar-refractivity contribution is -0.143. The van der Waals surface area contributed by atoms with E-state index in [4.69, 9.17) is 10.8 Å². The smallest absolute Gasteiger partial charge is 0.306 e. The molecule has 0 aliphatic heterocycles. The van der Waals surface area contributed by atoms with Gasteiger partial charge >= 0.3 is 5.97 Å². The predicted molar refractivity (Wildman–Crippen MR) is 99.6 cm³/mol. The minimum atomic E-state index is -0.701. The normalized spacial score (nSPS) is 21.8. The highest BCUT2D eigenvalue weighted by Gasteiger charge is 2.32. The Morgan fingerprint density at radius 1 is 1.32 bits per heavy atom. The Hall–Kier alpha value is -1.92. The Kier molecular flexibility index (Phi) is 5.39. The van der Waals surface area contributed by atoms with Crippen molar-refractivity contribution < 1.29 is 15.0 Å². The largest absolute Gasteiger partial charge is 0.481 e. The Morgan fingerprint density at radius 3 is 2.64 bits per heavy atom. The quantitative estimate of drug-likeness (QED) is 0.707. The van der Waals surface area contributed by atoms with E-state index in [1.165, 1.54) is 0 Å². The molecule has 1 unspecified atom stereocenters. The van der Waals surface area contributed by atoms with E-state index in [0.29, 0.717) is 18.8 Å². The van der Waals surface area contributed by atoms with Crippen LogP contribution in [0.25, 0.3) is 10.4 Å². The summed E-state index contributed by atoms with van der Waals surface area (Å²) in [6, 6.07) is 5.96. The van der Waals surface area contributed by atoms with Crippen LogP contribution in [0.15, 0.2) is 24.4 Å². The molecule has 1 atom stereocenters. The molecule has 0 radical (unpaired) electrons. The third kappa shape index (κ3) is 4.02. The lowest BCUT2D eigenvalue weighted by Gasteiger charge is -2.30. The van der Waals surface area contributed by atoms with Gasteiger partial charge in [-0.1, -0.05) is 6.07 Å². The zero-order valence-electron chi connectivity index (χ0n) is 14.3. The minimum absolute atomic E-state index is 0.0179. The van der Waals surface area contributed by atoms with E-state index < -0.39 is 5.97 Å². The molecule has 0 saturated heterocycles. The monoisotopic (exact) mass is 360 g/mol. The number of hydrogen-bond acceptors (Lipinski definition) is 5. The molecule has 25 heavy (non-hydrogen) atoms. The average Bonchev–Trinajstić information content (AvgIpc) is 3.05. The molecule has 6 heteroatoms. The molecule has 1 fully saturated rings. The molecular formula is C19H24N2O3S. The van der Waals surface area contributed by atoms with Crippen LogP contribution in [-0.4, -0.2) is 27.8 Å². The fourth-order valence-electron chi connectivity index (χ4n) is 3.74. The van der Waals surface area contributed by atoms with Gasteiger partial charge in [0, 0.05) is 17.8 Å². The van der Waals surface area contributed by atoms with Crippen LogP contribution in [0, 0.1) is 18.8 Å². The van der Waals surface area contributed by atoms with Crippen molar-refractivity contribution in [3.05, 3.63) is 35.0 Å². The van der Waals surface area contributed by atoms with Crippen molar-refractivity contribution >= 4 is 23.0 Å². The Morgan fingerprint density at radius 2 is 2.04 bits per heavy atom. The zero-order chi connectivity index (χ0) is 18.0. The SMILES string of the molecule is Cc1cc(N)cc(-c2cnc(C(CO)C3CCC(C(=O)O)CC3)s2)c1. The number of aryl methyl sites for hydroxylation is 1. The molecule has 5 nitrogen and oxygen atoms in total. The highest BCUT2D eigenvalue weighted by atomic mass is 32.1. The Balaban J connectivity index is 1.77. The van der Waals surface area contributed by atoms with Gasteiger partial charge in [0.05, 0.1) is 22.4 Å². The molecule has 1 aliphatic rings. The first-order chi connectivity index (χ1) is 12.0. The summed E-state index contributed by atoms with van der Waals surface area (Å²) in [6.07, 6.45) is 4.87. The van der Waals surface area contributed by atoms with Crippen molar-refractivity contribution in [1.29, 1.82) is 0 Å². The molecule has 1 aromatic carbocycles. The van der Waals surface area contributed by atoms with Crippen LogP contribution in [0.1, 0.15) is 42.2 Å². The van der Waals surface area contributed by atoms with Gasteiger partial charge in [0.25, 0.3) is 0 Å². The van der Waals surface area contributed by atoms with E-state index in [1.807, 2.05) is 25.3 Å². The summed E-state index contributed by atoms with van der Waals surface area (Å²) in [4.78, 5) is 16.7. The summed E-state index contributed by atoms with van der Waals surface area (Å²) < 4.78 is 0. The van der Waals surface area contributed by atoms with Gasteiger partial charge in [-0.25, -0.2) is 4.98 Å². The number of nitrogens with zero attached hydrogens (tertiary/aromatic N) is 1. The molecule has 3 rings (SSSR count). The van der Waals surface area contributed by atoms with Crippen molar-refractivity contribution in [2.24, 2.45) is 11.8 Å². The summed E-state index contributed by atoms with van der Waals surface area (Å²) in [6.45, 7) is 2.06. The Bertz CT molecular complexity index is 731. The number of rotatable bonds is 5. The van der Waals surface area contributed by atoms with Gasteiger partial charge in [-0.2, -0.15) is 0 Å². The summed E-state index contributed by atoms with van der Waals surface area (Å²) in [7, 11) is 0. The van der Waals surface area contributed by atoms with Crippen molar-refractivity contribution in [3.63, 3.8) is 0 Å². The van der Waals surface area contributed by atoms with Gasteiger partial charge in [-0.3, -0.25) is 4.79 Å². The summed E-state index contributed by atoms with van der Waals surface area (Å²) in [5, 5.41) is 20.0. The topological polar surface area (TPSA) is 96.4 Å². The number of nitrogens with two attached hydrogens (primary N) is 1. The number of thiazole rings is 1. The molecule has 0 spiro atoms. The highest BCUT2D eigenvalue weighted by molar-refractivity contribution is 7.15. The standard InChI is InChI=1S/C19H24N2O3S/c1-11-6-14(8-15(20)7-11)17-9-21-18(25-17)16(10-22)12-2-4-13(5-3-12)19(23)24/h6-9,12-13,16,22H,2-5,10,20H2,1H3,(H,23,24). The first-order valence-electron chi connectivity index (χ1n) is 8.65. The third-order valence-corrected chi connectivity index (χ3v) is 6.29. The molecule has 134 valence electrons. The number of nitrogen functional groups attached to an aromatic ring is 1. The fraction of sp³-hybridized carbons (Fsp3) is 0.474. The van der Waals surface area contributed by atoms with Crippen molar-refractivity contribution in [2.45, 2.75) is 38.5 Å². The Labute approximate surface area is 151 Å². The summed E-state index contributed by atoms with van der Waals surface area (Å²) in [5.41, 5.74) is 8.83. The second-order valence-electron chi connectivity index (χ2n) is 6.93. The average molecular weight is 360 g/mol. The van der Waals surface area contributed by atoms with Gasteiger partial charge in [-0.05, 0) is 61.8 Å². The maximum atomic E-state index is 11.1. The lowest BCUT2D eigenvalue weighted by atomic mass is 9.76. The molecule has 4 N–H and O–H groups in total. The number of benzene rings is 1. The highest BCUT2D eigenvalue weighted by Crippen LogP contribution is 2.41. The van der Waals surface area contributed by atoms with E-state index in [2.05, 4.69) is 11.1 Å². The molecule has 1 aromatic heterocycles. The summed E-state index contributed by atoms with van der Waals surface area (Å²) in [5.74, 6) is -0.664. The lowest BCUT2D eigenvalue weighted by Crippen LogP contribution is -2.26. The fourth-order valence-corrected chi connectivity index (χ4v) is 4.83. The molecular weight excluding hydrogens is 336 g/mol. The van der Waals surface area contributed by atoms with Gasteiger partial charge < -0.3 is 15.9 Å². The van der Waals surface area contributed by atoms with Crippen molar-refractivity contribution in [3.8, 4) is 10.4 Å². The van der Waals surface area contributed by atoms with Crippen LogP contribution in [0.3, 0.4) is 0 Å². The maximum Gasteiger partial charge on any atom is 0.306 e. The molecule has 1 heterocycles. The molecule has 0 amide bonds. The number of carboxylic acids is 1. The minimum Gasteiger partial charge on any atom is -0.481 e. The number of aliphatic hydroxyl groups excluding tert-OH is 1. The van der Waals surface area contributed by atoms with Gasteiger partial charge in [0.15, 0.2) is 0 Å². The van der Waals surface area contributed by atoms with Crippen LogP contribution in [0.4, 0.5) is 5.69 Å². The maximum absolute atomic E-state index is 11.1. The van der Waals surface area contributed by atoms with Crippen molar-refractivity contribution in [2.75, 3.05) is 12.3 Å². The number of hydrogen-bond donors (Lipinski definition) is 3. The predicted octanol–water partition coefficient (Wildman–Crippen LogP) is 3.67. The van der Waals surface area contributed by atoms with Crippen LogP contribution in [0.5, 0.6) is 0 Å². The second-order valence-corrected chi connectivity index (χ2v) is 8.00. The van der Waals surface area contributed by atoms with Crippen LogP contribution >= 0.6 is 11.3 Å². The van der Waals surface area contributed by atoms with E-state index in [-0.39, 0.29) is 18.4 Å². The van der Waals surface area contributed by atoms with E-state index in [9.17, 15) is 9.90 Å². The van der Waals surface area contributed by atoms with Crippen molar-refractivity contribution in [1.82, 2.24) is 4.98 Å². The number of carbonyl (C=O) groups is 1. The first kappa shape index (κ1) is 17.9. The zero-order valence-corrected chi connectivity index (χ0v) is 15.1. The summed E-state index contributed by atoms with van der Waals surface area (Å²) >= 11 is 1.59. The van der Waals surface area contributed by atoms with E-state index in [1.54, 1.807) is 11.3 Å². The van der Waals surface area contributed by atoms with E-state index >= 15 is 0 Å². The number of aliphatic hydroxyl groups is 1. The first-order valence-corrected chi connectivity index (χ1v) is 9.46. The number of carboxylic acid groups (broad SMARTS) is 1. The van der Waals surface area contributed by atoms with Gasteiger partial charge in [-0.15, -0.1) is 11.3 Å². The number of aliphatic carboxylic acids is 1. The van der Waals surface area contributed by atoms with Gasteiger partial charge in [0.2, 0.25) is 0 Å².